The van der Waals surface area contributed by atoms with Gasteiger partial charge in [0.2, 0.25) is 5.50 Å². The van der Waals surface area contributed by atoms with Crippen molar-refractivity contribution in [2.24, 2.45) is 5.73 Å². The molecule has 0 spiro atoms. The molecule has 0 aliphatic heterocycles. The van der Waals surface area contributed by atoms with Crippen molar-refractivity contribution in [1.82, 2.24) is 0 Å². The minimum absolute atomic E-state index is 0.0593. The van der Waals surface area contributed by atoms with Gasteiger partial charge in [-0.15, -0.1) is 6.58 Å². The van der Waals surface area contributed by atoms with Crippen molar-refractivity contribution in [2.75, 3.05) is 13.2 Å². The van der Waals surface area contributed by atoms with Gasteiger partial charge in [0.05, 0.1) is 6.61 Å². The van der Waals surface area contributed by atoms with Crippen LogP contribution in [-0.4, -0.2) is 27.1 Å². The summed E-state index contributed by atoms with van der Waals surface area (Å²) in [6, 6.07) is 0. The summed E-state index contributed by atoms with van der Waals surface area (Å²) >= 11 is 0. The molecule has 0 aromatic heterocycles. The van der Waals surface area contributed by atoms with Crippen LogP contribution in [0.25, 0.3) is 0 Å². The second-order valence-electron chi connectivity index (χ2n) is 7.28. The van der Waals surface area contributed by atoms with E-state index in [0.717, 1.165) is 38.5 Å². The van der Waals surface area contributed by atoms with Crippen LogP contribution in [0.1, 0.15) is 110 Å². The maximum Gasteiger partial charge on any atom is 0.299 e. The number of halogens is 1. The van der Waals surface area contributed by atoms with Crippen molar-refractivity contribution in [3.05, 3.63) is 12.7 Å². The molecule has 0 rings (SSSR count). The summed E-state index contributed by atoms with van der Waals surface area (Å²) in [6.45, 7) is 8.38. The topological polar surface area (TPSA) is 69.4 Å². The second-order valence-corrected chi connectivity index (χ2v) is 9.01. The highest BCUT2D eigenvalue weighted by Crippen LogP contribution is 2.16. The van der Waals surface area contributed by atoms with Gasteiger partial charge in [-0.3, -0.25) is 4.18 Å². The molecule has 28 heavy (non-hydrogen) atoms. The Morgan fingerprint density at radius 3 is 1.68 bits per heavy atom. The van der Waals surface area contributed by atoms with Crippen molar-refractivity contribution in [3.63, 3.8) is 0 Å². The molecule has 0 aliphatic carbocycles. The summed E-state index contributed by atoms with van der Waals surface area (Å²) in [4.78, 5) is 0. The van der Waals surface area contributed by atoms with Gasteiger partial charge in [0.1, 0.15) is 0 Å². The Morgan fingerprint density at radius 2 is 1.25 bits per heavy atom. The van der Waals surface area contributed by atoms with Crippen molar-refractivity contribution in [2.45, 2.75) is 116 Å². The lowest BCUT2D eigenvalue weighted by Gasteiger charge is -2.10. The zero-order valence-electron chi connectivity index (χ0n) is 18.5. The molecular weight excluding hydrogens is 377 g/mol. The standard InChI is InChI=1S/C19H39FO3S.C3H7N/c1-3-5-7-9-10-11-12-14-16-18-23-24(21,22)19(20)17-15-13-8-6-4-2;1-2-3-4/h19H,3-18H2,1-2H3;2H,1,3-4H2. The van der Waals surface area contributed by atoms with E-state index in [0.29, 0.717) is 19.4 Å². The van der Waals surface area contributed by atoms with Gasteiger partial charge < -0.3 is 5.73 Å². The second kappa shape index (κ2) is 22.8. The molecule has 2 N–H and O–H groups in total. The average molecular weight is 424 g/mol. The van der Waals surface area contributed by atoms with Crippen LogP contribution in [0.15, 0.2) is 12.7 Å². The molecule has 0 aromatic carbocycles. The largest absolute Gasteiger partial charge is 0.327 e. The Balaban J connectivity index is 0. The van der Waals surface area contributed by atoms with Gasteiger partial charge in [0.15, 0.2) is 0 Å². The van der Waals surface area contributed by atoms with Crippen LogP contribution < -0.4 is 5.73 Å². The molecule has 0 radical (unpaired) electrons. The average Bonchev–Trinajstić information content (AvgIpc) is 2.69. The summed E-state index contributed by atoms with van der Waals surface area (Å²) in [7, 11) is -4.03. The van der Waals surface area contributed by atoms with Gasteiger partial charge in [-0.1, -0.05) is 97.0 Å². The van der Waals surface area contributed by atoms with Gasteiger partial charge in [-0.05, 0) is 19.3 Å². The summed E-state index contributed by atoms with van der Waals surface area (Å²) in [5, 5.41) is 0. The quantitative estimate of drug-likeness (QED) is 0.143. The summed E-state index contributed by atoms with van der Waals surface area (Å²) in [5.41, 5.74) is 3.05. The molecule has 0 bridgehead atoms. The van der Waals surface area contributed by atoms with Crippen LogP contribution >= 0.6 is 0 Å². The number of hydrogen-bond donors (Lipinski definition) is 1. The van der Waals surface area contributed by atoms with Gasteiger partial charge >= 0.3 is 0 Å². The molecule has 0 aromatic rings. The molecule has 6 heteroatoms. The van der Waals surface area contributed by atoms with Crippen molar-refractivity contribution in [1.29, 1.82) is 0 Å². The van der Waals surface area contributed by atoms with Gasteiger partial charge in [0.25, 0.3) is 10.1 Å². The van der Waals surface area contributed by atoms with E-state index in [4.69, 9.17) is 9.92 Å². The Bertz CT molecular complexity index is 416. The lowest BCUT2D eigenvalue weighted by molar-refractivity contribution is 0.270. The summed E-state index contributed by atoms with van der Waals surface area (Å²) in [5.74, 6) is 0. The third-order valence-corrected chi connectivity index (χ3v) is 5.87. The lowest BCUT2D eigenvalue weighted by Crippen LogP contribution is -2.19. The first-order chi connectivity index (χ1) is 13.5. The highest BCUT2D eigenvalue weighted by Gasteiger charge is 2.25. The minimum atomic E-state index is -4.03. The lowest BCUT2D eigenvalue weighted by atomic mass is 10.1. The fourth-order valence-corrected chi connectivity index (χ4v) is 3.67. The molecule has 170 valence electrons. The predicted octanol–water partition coefficient (Wildman–Crippen LogP) is 6.65. The van der Waals surface area contributed by atoms with Crippen LogP contribution in [0.5, 0.6) is 0 Å². The Labute approximate surface area is 174 Å². The first kappa shape index (κ1) is 29.7. The van der Waals surface area contributed by atoms with E-state index in [2.05, 4.69) is 20.4 Å². The normalized spacial score (nSPS) is 12.3. The summed E-state index contributed by atoms with van der Waals surface area (Å²) < 4.78 is 42.0. The van der Waals surface area contributed by atoms with Gasteiger partial charge in [-0.25, -0.2) is 4.39 Å². The van der Waals surface area contributed by atoms with E-state index in [-0.39, 0.29) is 13.0 Å². The van der Waals surface area contributed by atoms with Gasteiger partial charge in [0, 0.05) is 6.54 Å². The Morgan fingerprint density at radius 1 is 0.857 bits per heavy atom. The predicted molar refractivity (Wildman–Crippen MR) is 120 cm³/mol. The molecule has 0 fully saturated rings. The molecule has 0 aliphatic rings. The summed E-state index contributed by atoms with van der Waals surface area (Å²) in [6.07, 6.45) is 16.9. The Hall–Kier alpha value is -0.460. The zero-order valence-corrected chi connectivity index (χ0v) is 19.3. The number of nitrogens with two attached hydrogens (primary N) is 1. The molecule has 0 amide bonds. The fourth-order valence-electron chi connectivity index (χ4n) is 2.71. The van der Waals surface area contributed by atoms with Gasteiger partial charge in [-0.2, -0.15) is 8.42 Å². The van der Waals surface area contributed by atoms with Crippen molar-refractivity contribution >= 4 is 10.1 Å². The molecule has 1 atom stereocenters. The fraction of sp³-hybridized carbons (Fsp3) is 0.909. The maximum atomic E-state index is 13.8. The highest BCUT2D eigenvalue weighted by molar-refractivity contribution is 7.87. The van der Waals surface area contributed by atoms with E-state index >= 15 is 0 Å². The Kier molecular flexibility index (Phi) is 24.2. The number of rotatable bonds is 19. The monoisotopic (exact) mass is 423 g/mol. The molecular formula is C22H46FNO3S. The SMILES string of the molecule is C=CCN.CCCCCCCCCCCOS(=O)(=O)C(F)CCCCCCC. The van der Waals surface area contributed by atoms with Crippen LogP contribution in [-0.2, 0) is 14.3 Å². The number of hydrogen-bond acceptors (Lipinski definition) is 4. The first-order valence-corrected chi connectivity index (χ1v) is 12.8. The zero-order chi connectivity index (χ0) is 21.5. The molecule has 1 unspecified atom stereocenters. The van der Waals surface area contributed by atoms with Crippen molar-refractivity contribution < 1.29 is 17.0 Å². The van der Waals surface area contributed by atoms with E-state index in [1.54, 1.807) is 6.08 Å². The van der Waals surface area contributed by atoms with Crippen LogP contribution in [0.2, 0.25) is 0 Å². The van der Waals surface area contributed by atoms with E-state index in [1.807, 2.05) is 0 Å². The number of alkyl halides is 1. The third-order valence-electron chi connectivity index (χ3n) is 4.51. The molecule has 0 heterocycles. The molecule has 0 saturated carbocycles. The van der Waals surface area contributed by atoms with Crippen LogP contribution in [0.4, 0.5) is 4.39 Å². The van der Waals surface area contributed by atoms with E-state index in [9.17, 15) is 12.8 Å². The van der Waals surface area contributed by atoms with Crippen LogP contribution in [0, 0.1) is 0 Å². The maximum absolute atomic E-state index is 13.8. The minimum Gasteiger partial charge on any atom is -0.327 e. The molecule has 4 nitrogen and oxygen atoms in total. The smallest absolute Gasteiger partial charge is 0.299 e. The first-order valence-electron chi connectivity index (χ1n) is 11.3. The van der Waals surface area contributed by atoms with Crippen molar-refractivity contribution in [3.8, 4) is 0 Å². The van der Waals surface area contributed by atoms with E-state index in [1.165, 1.54) is 38.5 Å². The highest BCUT2D eigenvalue weighted by atomic mass is 32.2. The number of unbranched alkanes of at least 4 members (excludes halogenated alkanes) is 12. The van der Waals surface area contributed by atoms with E-state index < -0.39 is 15.6 Å². The molecule has 0 saturated heterocycles. The van der Waals surface area contributed by atoms with Crippen LogP contribution in [0.3, 0.4) is 0 Å². The third kappa shape index (κ3) is 21.8.